The number of nitrogens with zero attached hydrogens (tertiary/aromatic N) is 6. The van der Waals surface area contributed by atoms with E-state index in [1.54, 1.807) is 34.7 Å². The highest BCUT2D eigenvalue weighted by molar-refractivity contribution is 6.30. The fraction of sp³-hybridized carbons (Fsp3) is 0.422. The topological polar surface area (TPSA) is 78.0 Å². The molecule has 0 saturated carbocycles. The van der Waals surface area contributed by atoms with Crippen LogP contribution in [0.4, 0.5) is 30.6 Å². The third kappa shape index (κ3) is 13.2. The van der Waals surface area contributed by atoms with Gasteiger partial charge in [-0.15, -0.1) is 0 Å². The molecule has 0 aromatic heterocycles. The Morgan fingerprint density at radius 2 is 1.18 bits per heavy atom. The molecule has 13 heteroatoms. The smallest absolute Gasteiger partial charge is 0.410 e. The minimum absolute atomic E-state index is 0.0671. The number of amides is 1. The van der Waals surface area contributed by atoms with Crippen LogP contribution in [0.3, 0.4) is 0 Å². The van der Waals surface area contributed by atoms with Crippen molar-refractivity contribution in [3.05, 3.63) is 188 Å². The van der Waals surface area contributed by atoms with E-state index in [0.717, 1.165) is 104 Å². The first-order valence-corrected chi connectivity index (χ1v) is 27.9. The Labute approximate surface area is 461 Å². The molecule has 408 valence electrons. The number of anilines is 3. The van der Waals surface area contributed by atoms with Gasteiger partial charge in [0.15, 0.2) is 0 Å². The molecule has 1 amide bonds. The molecule has 2 fully saturated rings. The van der Waals surface area contributed by atoms with Crippen molar-refractivity contribution >= 4 is 34.8 Å². The number of hydrogen-bond acceptors (Lipinski definition) is 9. The van der Waals surface area contributed by atoms with Gasteiger partial charge in [-0.2, -0.15) is 0 Å². The van der Waals surface area contributed by atoms with Gasteiger partial charge in [-0.25, -0.2) is 13.6 Å². The number of phenols is 1. The molecule has 0 bridgehead atoms. The second-order valence-corrected chi connectivity index (χ2v) is 22.9. The van der Waals surface area contributed by atoms with Gasteiger partial charge in [0.1, 0.15) is 24.0 Å². The van der Waals surface area contributed by atoms with Gasteiger partial charge in [-0.1, -0.05) is 77.8 Å². The van der Waals surface area contributed by atoms with Crippen molar-refractivity contribution in [2.24, 2.45) is 0 Å². The molecule has 6 aromatic carbocycles. The Hall–Kier alpha value is -6.18. The van der Waals surface area contributed by atoms with Crippen molar-refractivity contribution in [3.63, 3.8) is 0 Å². The number of likely N-dealkylation sites (N-methyl/N-ethyl adjacent to an activating group) is 5. The SMILES string of the molecule is CN1CC2(CCN(C(=O)OCc3ccccc3)CC2)c2cc(F)ccc21.CN1CCc2c(O)cccc21.CN1CCc2ccc(Cl)cc2C1.CN1CCc2ccc(F)cc2C1.Cc1ccc2c(c1)C1(CCNCC1)CN2C. The highest BCUT2D eigenvalue weighted by Gasteiger charge is 2.45. The number of fused-ring (bicyclic) bond motifs is 7. The maximum atomic E-state index is 13.8. The normalized spacial score (nSPS) is 18.4. The van der Waals surface area contributed by atoms with E-state index in [1.165, 1.54) is 72.2 Å². The molecule has 13 rings (SSSR count). The van der Waals surface area contributed by atoms with Crippen molar-refractivity contribution in [1.29, 1.82) is 0 Å². The summed E-state index contributed by atoms with van der Waals surface area (Å²) < 4.78 is 32.0. The van der Waals surface area contributed by atoms with Crippen LogP contribution in [-0.2, 0) is 54.5 Å². The largest absolute Gasteiger partial charge is 0.508 e. The number of ether oxygens (including phenoxy) is 1. The average Bonchev–Trinajstić information content (AvgIpc) is 4.03. The van der Waals surface area contributed by atoms with Crippen LogP contribution in [-0.4, -0.2) is 120 Å². The quantitative estimate of drug-likeness (QED) is 0.176. The van der Waals surface area contributed by atoms with E-state index in [-0.39, 0.29) is 29.7 Å². The van der Waals surface area contributed by atoms with Crippen LogP contribution in [0.5, 0.6) is 5.75 Å². The number of rotatable bonds is 2. The van der Waals surface area contributed by atoms with E-state index in [0.29, 0.717) is 24.3 Å². The molecular formula is C64H78ClF2N7O3. The first-order valence-electron chi connectivity index (χ1n) is 27.5. The molecular weight excluding hydrogens is 988 g/mol. The van der Waals surface area contributed by atoms with Gasteiger partial charge in [0.2, 0.25) is 0 Å². The number of phenolic OH excluding ortho intramolecular Hbond substituents is 1. The van der Waals surface area contributed by atoms with Gasteiger partial charge < -0.3 is 44.6 Å². The van der Waals surface area contributed by atoms with E-state index in [4.69, 9.17) is 16.3 Å². The molecule has 0 radical (unpaired) electrons. The van der Waals surface area contributed by atoms with Gasteiger partial charge in [0.05, 0.1) is 0 Å². The van der Waals surface area contributed by atoms with Crippen LogP contribution in [0.15, 0.2) is 121 Å². The number of likely N-dealkylation sites (tertiary alicyclic amines) is 1. The minimum atomic E-state index is -0.269. The first-order chi connectivity index (χ1) is 37.1. The van der Waals surface area contributed by atoms with Crippen molar-refractivity contribution < 1.29 is 23.4 Å². The molecule has 10 nitrogen and oxygen atoms in total. The average molecular weight is 1070 g/mol. The van der Waals surface area contributed by atoms with Gasteiger partial charge >= 0.3 is 6.09 Å². The molecule has 0 aliphatic carbocycles. The Morgan fingerprint density at radius 1 is 0.597 bits per heavy atom. The molecule has 0 unspecified atom stereocenters. The predicted octanol–water partition coefficient (Wildman–Crippen LogP) is 11.5. The number of aromatic hydroxyl groups is 1. The molecule has 0 atom stereocenters. The lowest BCUT2D eigenvalue weighted by molar-refractivity contribution is 0.0790. The van der Waals surface area contributed by atoms with Crippen molar-refractivity contribution in [1.82, 2.24) is 20.0 Å². The minimum Gasteiger partial charge on any atom is -0.508 e. The van der Waals surface area contributed by atoms with Gasteiger partial charge in [-0.3, -0.25) is 0 Å². The van der Waals surface area contributed by atoms with Crippen molar-refractivity contribution in [3.8, 4) is 5.75 Å². The predicted molar refractivity (Wildman–Crippen MR) is 310 cm³/mol. The lowest BCUT2D eigenvalue weighted by atomic mass is 9.74. The van der Waals surface area contributed by atoms with E-state index in [2.05, 4.69) is 88.2 Å². The van der Waals surface area contributed by atoms with Crippen LogP contribution in [0.2, 0.25) is 5.02 Å². The summed E-state index contributed by atoms with van der Waals surface area (Å²) >= 11 is 5.91. The third-order valence-electron chi connectivity index (χ3n) is 16.9. The monoisotopic (exact) mass is 1070 g/mol. The zero-order valence-electron chi connectivity index (χ0n) is 46.1. The summed E-state index contributed by atoms with van der Waals surface area (Å²) in [7, 11) is 10.5. The highest BCUT2D eigenvalue weighted by Crippen LogP contribution is 2.47. The molecule has 6 aromatic rings. The van der Waals surface area contributed by atoms with Gasteiger partial charge in [-0.05, 0) is 179 Å². The number of nitrogens with one attached hydrogen (secondary N) is 1. The fourth-order valence-electron chi connectivity index (χ4n) is 12.5. The standard InChI is InChI=1S/C21H23FN2O2.C14H20N2.C10H12ClN.C10H12FN.C9H11NO/c1-23-15-21(18-13-17(22)7-8-19(18)23)9-11-24(12-10-21)20(25)26-14-16-5-3-2-4-6-16;1-11-3-4-13-12(9-11)14(10-16(13)2)5-7-15-8-6-14;2*1-12-5-4-8-2-3-10(11)6-9(8)7-12;1-10-6-5-7-8(10)3-2-4-9(7)11/h2-8,13H,9-12,14-15H2,1H3;3-4,9,15H,5-8,10H2,1-2H3;2*2-3,6H,4-5,7H2,1H3;2-4,11H,5-6H2,1H3. The lowest BCUT2D eigenvalue weighted by Gasteiger charge is -2.39. The summed E-state index contributed by atoms with van der Waals surface area (Å²) in [5.41, 5.74) is 15.5. The number of carbonyl (C=O) groups is 1. The Morgan fingerprint density at radius 3 is 1.84 bits per heavy atom. The molecule has 77 heavy (non-hydrogen) atoms. The molecule has 2 spiro atoms. The maximum Gasteiger partial charge on any atom is 0.410 e. The number of piperidine rings is 2. The van der Waals surface area contributed by atoms with Crippen LogP contribution >= 0.6 is 11.6 Å². The lowest BCUT2D eigenvalue weighted by Crippen LogP contribution is -2.47. The number of halogens is 3. The molecule has 7 aliphatic rings. The Bertz CT molecular complexity index is 2920. The summed E-state index contributed by atoms with van der Waals surface area (Å²) in [6.45, 7) is 13.4. The van der Waals surface area contributed by atoms with Gasteiger partial charge in [0.25, 0.3) is 0 Å². The summed E-state index contributed by atoms with van der Waals surface area (Å²) in [6, 6.07) is 38.6. The zero-order chi connectivity index (χ0) is 54.3. The fourth-order valence-corrected chi connectivity index (χ4v) is 12.7. The van der Waals surface area contributed by atoms with E-state index in [1.807, 2.05) is 74.8 Å². The summed E-state index contributed by atoms with van der Waals surface area (Å²) in [5.74, 6) is 0.124. The van der Waals surface area contributed by atoms with E-state index < -0.39 is 0 Å². The zero-order valence-corrected chi connectivity index (χ0v) is 46.8. The second-order valence-electron chi connectivity index (χ2n) is 22.5. The van der Waals surface area contributed by atoms with Crippen molar-refractivity contribution in [2.45, 2.75) is 82.4 Å². The maximum absolute atomic E-state index is 13.8. The van der Waals surface area contributed by atoms with Crippen LogP contribution < -0.4 is 20.0 Å². The van der Waals surface area contributed by atoms with E-state index >= 15 is 0 Å². The van der Waals surface area contributed by atoms with Crippen molar-refractivity contribution in [2.75, 3.05) is 109 Å². The summed E-state index contributed by atoms with van der Waals surface area (Å²) in [6.07, 6.45) is 7.13. The number of benzene rings is 6. The third-order valence-corrected chi connectivity index (χ3v) is 17.1. The van der Waals surface area contributed by atoms with Crippen LogP contribution in [0.25, 0.3) is 0 Å². The van der Waals surface area contributed by atoms with Gasteiger partial charge in [0, 0.05) is 119 Å². The Balaban J connectivity index is 0.000000123. The van der Waals surface area contributed by atoms with Crippen LogP contribution in [0.1, 0.15) is 75.8 Å². The summed E-state index contributed by atoms with van der Waals surface area (Å²) in [5, 5.41) is 13.8. The highest BCUT2D eigenvalue weighted by atomic mass is 35.5. The molecule has 2 N–H and O–H groups in total. The Kier molecular flexibility index (Phi) is 17.8. The first kappa shape index (κ1) is 55.6. The summed E-state index contributed by atoms with van der Waals surface area (Å²) in [4.78, 5) is 25.5. The van der Waals surface area contributed by atoms with E-state index in [9.17, 15) is 18.7 Å². The number of aryl methyl sites for hydroxylation is 1. The molecule has 7 heterocycles. The number of hydrogen-bond donors (Lipinski definition) is 2. The molecule has 7 aliphatic heterocycles. The second kappa shape index (κ2) is 24.7. The molecule has 2 saturated heterocycles. The number of carbonyl (C=O) groups excluding carboxylic acids is 1. The van der Waals surface area contributed by atoms with Crippen LogP contribution in [0, 0.1) is 18.6 Å².